The van der Waals surface area contributed by atoms with Gasteiger partial charge in [0.15, 0.2) is 0 Å². The van der Waals surface area contributed by atoms with E-state index in [1.807, 2.05) is 6.92 Å². The molecule has 112 valence electrons. The molecule has 1 aliphatic rings. The lowest BCUT2D eigenvalue weighted by molar-refractivity contribution is 0.0891. The van der Waals surface area contributed by atoms with Crippen LogP contribution >= 0.6 is 0 Å². The zero-order chi connectivity index (χ0) is 15.1. The molecule has 0 aliphatic carbocycles. The Kier molecular flexibility index (Phi) is 3.83. The predicted molar refractivity (Wildman–Crippen MR) is 70.2 cm³/mol. The number of nitrogens with one attached hydrogen (secondary N) is 1. The number of nitrogens with zero attached hydrogens (tertiary/aromatic N) is 3. The average molecular weight is 304 g/mol. The third kappa shape index (κ3) is 2.68. The van der Waals surface area contributed by atoms with Crippen molar-refractivity contribution in [2.45, 2.75) is 33.4 Å². The Morgan fingerprint density at radius 3 is 2.50 bits per heavy atom. The molecule has 0 unspecified atom stereocenters. The van der Waals surface area contributed by atoms with Gasteiger partial charge in [-0.2, -0.15) is 17.8 Å². The first-order valence-corrected chi connectivity index (χ1v) is 7.62. The lowest BCUT2D eigenvalue weighted by atomic mass is 10.1. The number of carbonyl (C=O) groups excluding carboxylic acids is 1. The smallest absolute Gasteiger partial charge is 0.347 e. The summed E-state index contributed by atoms with van der Waals surface area (Å²) in [4.78, 5) is 12.1. The van der Waals surface area contributed by atoms with Gasteiger partial charge in [-0.15, -0.1) is 0 Å². The van der Waals surface area contributed by atoms with Crippen molar-refractivity contribution in [3.05, 3.63) is 17.0 Å². The maximum Gasteiger partial charge on any atom is 0.374 e. The van der Waals surface area contributed by atoms with E-state index in [1.54, 1.807) is 18.5 Å². The molecule has 0 aromatic carbocycles. The molecule has 1 N–H and O–H groups in total. The maximum absolute atomic E-state index is 12.6. The van der Waals surface area contributed by atoms with Crippen molar-refractivity contribution in [1.29, 1.82) is 0 Å². The molecule has 1 aromatic rings. The summed E-state index contributed by atoms with van der Waals surface area (Å²) in [5, 5.41) is 6.93. The number of halogens is 1. The van der Waals surface area contributed by atoms with Crippen molar-refractivity contribution in [2.75, 3.05) is 13.1 Å². The van der Waals surface area contributed by atoms with Crippen molar-refractivity contribution in [3.8, 4) is 0 Å². The summed E-state index contributed by atoms with van der Waals surface area (Å²) in [7, 11) is -4.65. The van der Waals surface area contributed by atoms with Crippen LogP contribution in [0.15, 0.2) is 0 Å². The molecule has 1 saturated heterocycles. The fourth-order valence-electron chi connectivity index (χ4n) is 2.30. The van der Waals surface area contributed by atoms with Crippen LogP contribution in [0, 0.1) is 13.8 Å². The molecule has 0 radical (unpaired) electrons. The third-order valence-corrected chi connectivity index (χ3v) is 4.31. The van der Waals surface area contributed by atoms with Crippen molar-refractivity contribution < 1.29 is 17.1 Å². The zero-order valence-corrected chi connectivity index (χ0v) is 12.4. The molecule has 20 heavy (non-hydrogen) atoms. The molecule has 1 fully saturated rings. The van der Waals surface area contributed by atoms with Gasteiger partial charge in [0.05, 0.1) is 17.3 Å². The summed E-state index contributed by atoms with van der Waals surface area (Å²) in [5.74, 6) is -0.305. The van der Waals surface area contributed by atoms with Gasteiger partial charge in [0.1, 0.15) is 0 Å². The summed E-state index contributed by atoms with van der Waals surface area (Å²) in [6, 6.07) is -0.364. The van der Waals surface area contributed by atoms with E-state index in [1.165, 1.54) is 0 Å². The Hall–Kier alpha value is -1.48. The monoisotopic (exact) mass is 304 g/mol. The van der Waals surface area contributed by atoms with Crippen LogP contribution in [0.4, 0.5) is 3.89 Å². The van der Waals surface area contributed by atoms with Crippen molar-refractivity contribution in [3.63, 3.8) is 0 Å². The molecular formula is C11H17FN4O3S. The largest absolute Gasteiger partial charge is 0.374 e. The van der Waals surface area contributed by atoms with Crippen LogP contribution in [0.5, 0.6) is 0 Å². The summed E-state index contributed by atoms with van der Waals surface area (Å²) in [6.45, 7) is 6.06. The summed E-state index contributed by atoms with van der Waals surface area (Å²) in [5.41, 5.74) is 1.88. The van der Waals surface area contributed by atoms with E-state index in [4.69, 9.17) is 0 Å². The van der Waals surface area contributed by atoms with Gasteiger partial charge in [-0.25, -0.2) is 0 Å². The van der Waals surface area contributed by atoms with Crippen LogP contribution in [0.2, 0.25) is 0 Å². The number of hydrogen-bond donors (Lipinski definition) is 1. The van der Waals surface area contributed by atoms with Gasteiger partial charge in [-0.1, -0.05) is 3.89 Å². The minimum absolute atomic E-state index is 0.0371. The van der Waals surface area contributed by atoms with Gasteiger partial charge >= 0.3 is 10.4 Å². The van der Waals surface area contributed by atoms with E-state index in [9.17, 15) is 17.1 Å². The Labute approximate surface area is 117 Å². The van der Waals surface area contributed by atoms with Crippen molar-refractivity contribution >= 4 is 16.3 Å². The Balaban J connectivity index is 2.03. The van der Waals surface area contributed by atoms with Gasteiger partial charge < -0.3 is 5.32 Å². The molecule has 1 aromatic heterocycles. The van der Waals surface area contributed by atoms with Crippen LogP contribution in [-0.2, 0) is 17.0 Å². The third-order valence-electron chi connectivity index (χ3n) is 3.40. The van der Waals surface area contributed by atoms with Gasteiger partial charge in [0.2, 0.25) is 0 Å². The van der Waals surface area contributed by atoms with Gasteiger partial charge in [-0.3, -0.25) is 9.48 Å². The topological polar surface area (TPSA) is 84.3 Å². The van der Waals surface area contributed by atoms with E-state index in [0.717, 1.165) is 5.69 Å². The second kappa shape index (κ2) is 5.13. The molecule has 7 nitrogen and oxygen atoms in total. The molecule has 9 heteroatoms. The molecule has 0 bridgehead atoms. The second-order valence-corrected chi connectivity index (χ2v) is 6.13. The maximum atomic E-state index is 12.6. The summed E-state index contributed by atoms with van der Waals surface area (Å²) >= 11 is 0. The minimum Gasteiger partial charge on any atom is -0.347 e. The van der Waals surface area contributed by atoms with E-state index in [0.29, 0.717) is 22.1 Å². The zero-order valence-electron chi connectivity index (χ0n) is 11.6. The van der Waals surface area contributed by atoms with Gasteiger partial charge in [0.25, 0.3) is 5.91 Å². The molecule has 0 saturated carbocycles. The van der Waals surface area contributed by atoms with E-state index in [-0.39, 0.29) is 25.0 Å². The number of carbonyl (C=O) groups is 1. The van der Waals surface area contributed by atoms with E-state index < -0.39 is 10.4 Å². The van der Waals surface area contributed by atoms with Crippen LogP contribution < -0.4 is 5.32 Å². The molecule has 1 amide bonds. The molecule has 0 spiro atoms. The van der Waals surface area contributed by atoms with E-state index >= 15 is 0 Å². The molecule has 0 atom stereocenters. The Morgan fingerprint density at radius 1 is 1.45 bits per heavy atom. The van der Waals surface area contributed by atoms with Gasteiger partial charge in [-0.05, 0) is 20.8 Å². The minimum atomic E-state index is -4.65. The van der Waals surface area contributed by atoms with Crippen LogP contribution in [-0.4, -0.2) is 47.5 Å². The van der Waals surface area contributed by atoms with Gasteiger partial charge in [0, 0.05) is 25.3 Å². The Morgan fingerprint density at radius 2 is 2.05 bits per heavy atom. The van der Waals surface area contributed by atoms with Crippen molar-refractivity contribution in [2.24, 2.45) is 0 Å². The molecule has 2 heterocycles. The van der Waals surface area contributed by atoms with E-state index in [2.05, 4.69) is 10.4 Å². The lowest BCUT2D eigenvalue weighted by Gasteiger charge is -2.35. The fraction of sp³-hybridized carbons (Fsp3) is 0.636. The van der Waals surface area contributed by atoms with Crippen molar-refractivity contribution in [1.82, 2.24) is 19.4 Å². The number of rotatable bonds is 4. The lowest BCUT2D eigenvalue weighted by Crippen LogP contribution is -2.60. The highest BCUT2D eigenvalue weighted by molar-refractivity contribution is 7.84. The summed E-state index contributed by atoms with van der Waals surface area (Å²) < 4.78 is 36.2. The molecule has 1 aliphatic heterocycles. The number of aromatic nitrogens is 2. The molecular weight excluding hydrogens is 287 g/mol. The average Bonchev–Trinajstić information content (AvgIpc) is 2.56. The standard InChI is InChI=1S/C11H17FN4O3S/c1-4-16-8(3)10(7(2)14-16)11(17)13-9-5-15(6-9)20(12,18)19/h9H,4-6H2,1-3H3,(H,13,17). The highest BCUT2D eigenvalue weighted by Gasteiger charge is 2.37. The Bertz CT molecular complexity index is 634. The molecule has 2 rings (SSSR count). The summed E-state index contributed by atoms with van der Waals surface area (Å²) in [6.07, 6.45) is 0. The normalized spacial score (nSPS) is 17.0. The SMILES string of the molecule is CCn1nc(C)c(C(=O)NC2CN(S(=O)(=O)F)C2)c1C. The van der Waals surface area contributed by atoms with Crippen LogP contribution in [0.3, 0.4) is 0 Å². The highest BCUT2D eigenvalue weighted by Crippen LogP contribution is 2.17. The number of aryl methyl sites for hydroxylation is 2. The van der Waals surface area contributed by atoms with Crippen LogP contribution in [0.25, 0.3) is 0 Å². The quantitative estimate of drug-likeness (QED) is 0.802. The first-order valence-electron chi connectivity index (χ1n) is 6.28. The number of hydrogen-bond acceptors (Lipinski definition) is 4. The fourth-order valence-corrected chi connectivity index (χ4v) is 3.01. The first kappa shape index (κ1) is 14.9. The highest BCUT2D eigenvalue weighted by atomic mass is 32.3. The van der Waals surface area contributed by atoms with Crippen LogP contribution in [0.1, 0.15) is 28.7 Å². The predicted octanol–water partition coefficient (Wildman–Crippen LogP) is 0.148. The number of amides is 1. The second-order valence-electron chi connectivity index (χ2n) is 4.79. The first-order chi connectivity index (χ1) is 9.24.